The molecule has 0 radical (unpaired) electrons. The molecular formula is C15H12N2O4S. The van der Waals surface area contributed by atoms with Crippen LogP contribution in [0, 0.1) is 12.3 Å². The Kier molecular flexibility index (Phi) is 4.76. The molecule has 2 amide bonds. The van der Waals surface area contributed by atoms with Gasteiger partial charge in [-0.3, -0.25) is 20.2 Å². The van der Waals surface area contributed by atoms with E-state index in [1.54, 1.807) is 18.2 Å². The molecule has 2 rings (SSSR count). The third-order valence-electron chi connectivity index (χ3n) is 2.75. The number of ether oxygens (including phenoxy) is 2. The van der Waals surface area contributed by atoms with Crippen molar-refractivity contribution < 1.29 is 19.1 Å². The second-order valence-corrected chi connectivity index (χ2v) is 4.61. The summed E-state index contributed by atoms with van der Waals surface area (Å²) < 4.78 is 10.5. The van der Waals surface area contributed by atoms with Gasteiger partial charge >= 0.3 is 0 Å². The van der Waals surface area contributed by atoms with E-state index in [0.717, 1.165) is 0 Å². The fourth-order valence-electron chi connectivity index (χ4n) is 1.79. The minimum atomic E-state index is -0.555. The van der Waals surface area contributed by atoms with E-state index in [4.69, 9.17) is 28.1 Å². The van der Waals surface area contributed by atoms with Crippen LogP contribution >= 0.6 is 12.2 Å². The van der Waals surface area contributed by atoms with Crippen LogP contribution in [0.3, 0.4) is 0 Å². The SMILES string of the molecule is C#CCOc1ccc(C=C2C(=O)NC(=S)NC2=O)cc1OC. The van der Waals surface area contributed by atoms with Crippen molar-refractivity contribution in [1.29, 1.82) is 0 Å². The van der Waals surface area contributed by atoms with E-state index in [1.807, 2.05) is 0 Å². The number of nitrogens with one attached hydrogen (secondary N) is 2. The van der Waals surface area contributed by atoms with Crippen LogP contribution in [0.2, 0.25) is 0 Å². The van der Waals surface area contributed by atoms with E-state index in [1.165, 1.54) is 13.2 Å². The van der Waals surface area contributed by atoms with E-state index in [0.29, 0.717) is 17.1 Å². The molecule has 6 nitrogen and oxygen atoms in total. The van der Waals surface area contributed by atoms with Gasteiger partial charge in [0.15, 0.2) is 16.6 Å². The molecule has 22 heavy (non-hydrogen) atoms. The molecule has 0 atom stereocenters. The summed E-state index contributed by atoms with van der Waals surface area (Å²) in [5.41, 5.74) is 0.547. The Labute approximate surface area is 132 Å². The third kappa shape index (κ3) is 3.42. The summed E-state index contributed by atoms with van der Waals surface area (Å²) in [5, 5.41) is 4.71. The zero-order valence-corrected chi connectivity index (χ0v) is 12.5. The van der Waals surface area contributed by atoms with Crippen LogP contribution in [0.25, 0.3) is 6.08 Å². The fraction of sp³-hybridized carbons (Fsp3) is 0.133. The summed E-state index contributed by atoms with van der Waals surface area (Å²) >= 11 is 4.73. The largest absolute Gasteiger partial charge is 0.493 e. The second-order valence-electron chi connectivity index (χ2n) is 4.20. The van der Waals surface area contributed by atoms with Crippen LogP contribution in [0.15, 0.2) is 23.8 Å². The van der Waals surface area contributed by atoms with E-state index in [2.05, 4.69) is 16.6 Å². The van der Waals surface area contributed by atoms with Gasteiger partial charge in [-0.05, 0) is 36.0 Å². The van der Waals surface area contributed by atoms with Gasteiger partial charge in [0.2, 0.25) is 0 Å². The van der Waals surface area contributed by atoms with Gasteiger partial charge in [0.05, 0.1) is 7.11 Å². The number of hydrogen-bond acceptors (Lipinski definition) is 5. The van der Waals surface area contributed by atoms with Crippen LogP contribution in [0.1, 0.15) is 5.56 Å². The second kappa shape index (κ2) is 6.74. The van der Waals surface area contributed by atoms with E-state index in [-0.39, 0.29) is 17.3 Å². The lowest BCUT2D eigenvalue weighted by atomic mass is 10.1. The van der Waals surface area contributed by atoms with Gasteiger partial charge in [0, 0.05) is 0 Å². The average Bonchev–Trinajstić information content (AvgIpc) is 2.49. The molecule has 0 unspecified atom stereocenters. The lowest BCUT2D eigenvalue weighted by Gasteiger charge is -2.16. The van der Waals surface area contributed by atoms with Crippen LogP contribution < -0.4 is 20.1 Å². The average molecular weight is 316 g/mol. The highest BCUT2D eigenvalue weighted by Gasteiger charge is 2.25. The van der Waals surface area contributed by atoms with Crippen LogP contribution in [0.4, 0.5) is 0 Å². The number of hydrogen-bond donors (Lipinski definition) is 2. The van der Waals surface area contributed by atoms with E-state index < -0.39 is 11.8 Å². The van der Waals surface area contributed by atoms with Gasteiger partial charge in [0.1, 0.15) is 12.2 Å². The Bertz CT molecular complexity index is 697. The number of methoxy groups -OCH3 is 1. The van der Waals surface area contributed by atoms with Gasteiger partial charge < -0.3 is 9.47 Å². The summed E-state index contributed by atoms with van der Waals surface area (Å²) in [4.78, 5) is 23.6. The Hall–Kier alpha value is -2.85. The van der Waals surface area contributed by atoms with Crippen LogP contribution in [-0.2, 0) is 9.59 Å². The Balaban J connectivity index is 2.31. The maximum Gasteiger partial charge on any atom is 0.263 e. The minimum Gasteiger partial charge on any atom is -0.493 e. The van der Waals surface area contributed by atoms with Crippen molar-refractivity contribution in [2.45, 2.75) is 0 Å². The molecule has 7 heteroatoms. The highest BCUT2D eigenvalue weighted by atomic mass is 32.1. The number of benzene rings is 1. The van der Waals surface area contributed by atoms with Crippen molar-refractivity contribution in [3.05, 3.63) is 29.3 Å². The smallest absolute Gasteiger partial charge is 0.263 e. The Morgan fingerprint density at radius 3 is 2.55 bits per heavy atom. The molecule has 0 spiro atoms. The standard InChI is InChI=1S/C15H12N2O4S/c1-3-6-21-11-5-4-9(8-12(11)20-2)7-10-13(18)16-15(22)17-14(10)19/h1,4-5,7-8H,6H2,2H3,(H2,16,17,18,19,22). The molecule has 1 aromatic rings. The normalized spacial score (nSPS) is 13.8. The summed E-state index contributed by atoms with van der Waals surface area (Å²) in [6, 6.07) is 4.95. The van der Waals surface area contributed by atoms with Crippen molar-refractivity contribution >= 4 is 35.2 Å². The summed E-state index contributed by atoms with van der Waals surface area (Å²) in [5.74, 6) is 2.16. The van der Waals surface area contributed by atoms with Gasteiger partial charge in [0.25, 0.3) is 11.8 Å². The van der Waals surface area contributed by atoms with Gasteiger partial charge in [-0.15, -0.1) is 6.42 Å². The minimum absolute atomic E-state index is 0.0113. The molecule has 1 fully saturated rings. The van der Waals surface area contributed by atoms with Crippen LogP contribution in [-0.4, -0.2) is 30.6 Å². The number of rotatable bonds is 4. The molecule has 0 saturated carbocycles. The van der Waals surface area contributed by atoms with Crippen molar-refractivity contribution in [1.82, 2.24) is 10.6 Å². The quantitative estimate of drug-likeness (QED) is 0.369. The molecule has 1 heterocycles. The highest BCUT2D eigenvalue weighted by Crippen LogP contribution is 2.29. The summed E-state index contributed by atoms with van der Waals surface area (Å²) in [7, 11) is 1.48. The van der Waals surface area contributed by atoms with Crippen molar-refractivity contribution in [3.63, 3.8) is 0 Å². The summed E-state index contributed by atoms with van der Waals surface area (Å²) in [6.45, 7) is 0.110. The highest BCUT2D eigenvalue weighted by molar-refractivity contribution is 7.80. The van der Waals surface area contributed by atoms with Crippen LogP contribution in [0.5, 0.6) is 11.5 Å². The molecule has 1 aromatic carbocycles. The van der Waals surface area contributed by atoms with Gasteiger partial charge in [-0.2, -0.15) is 0 Å². The number of carbonyl (C=O) groups is 2. The first-order valence-electron chi connectivity index (χ1n) is 6.18. The monoisotopic (exact) mass is 316 g/mol. The fourth-order valence-corrected chi connectivity index (χ4v) is 1.97. The topological polar surface area (TPSA) is 76.7 Å². The molecule has 0 aromatic heterocycles. The molecular weight excluding hydrogens is 304 g/mol. The molecule has 1 aliphatic heterocycles. The van der Waals surface area contributed by atoms with Crippen molar-refractivity contribution in [2.75, 3.05) is 13.7 Å². The summed E-state index contributed by atoms with van der Waals surface area (Å²) in [6.07, 6.45) is 6.57. The lowest BCUT2D eigenvalue weighted by molar-refractivity contribution is -0.123. The molecule has 0 aliphatic carbocycles. The number of terminal acetylenes is 1. The zero-order chi connectivity index (χ0) is 16.1. The molecule has 1 aliphatic rings. The predicted octanol–water partition coefficient (Wildman–Crippen LogP) is 0.622. The van der Waals surface area contributed by atoms with E-state index >= 15 is 0 Å². The Morgan fingerprint density at radius 1 is 1.27 bits per heavy atom. The first kappa shape index (κ1) is 15.5. The lowest BCUT2D eigenvalue weighted by Crippen LogP contribution is -2.51. The molecule has 2 N–H and O–H groups in total. The molecule has 1 saturated heterocycles. The van der Waals surface area contributed by atoms with E-state index in [9.17, 15) is 9.59 Å². The third-order valence-corrected chi connectivity index (χ3v) is 2.96. The van der Waals surface area contributed by atoms with Crippen molar-refractivity contribution in [3.8, 4) is 23.8 Å². The number of thiocarbonyl (C=S) groups is 1. The maximum absolute atomic E-state index is 11.8. The molecule has 0 bridgehead atoms. The van der Waals surface area contributed by atoms with Gasteiger partial charge in [-0.25, -0.2) is 0 Å². The van der Waals surface area contributed by atoms with Gasteiger partial charge in [-0.1, -0.05) is 12.0 Å². The maximum atomic E-state index is 11.8. The first-order chi connectivity index (χ1) is 10.5. The Morgan fingerprint density at radius 2 is 1.95 bits per heavy atom. The molecule has 112 valence electrons. The zero-order valence-electron chi connectivity index (χ0n) is 11.6. The van der Waals surface area contributed by atoms with Crippen molar-refractivity contribution in [2.24, 2.45) is 0 Å². The predicted molar refractivity (Wildman–Crippen MR) is 84.2 cm³/mol. The number of amides is 2. The number of carbonyl (C=O) groups excluding carboxylic acids is 2. The first-order valence-corrected chi connectivity index (χ1v) is 6.58.